The van der Waals surface area contributed by atoms with Crippen LogP contribution in [0.15, 0.2) is 48.7 Å². The van der Waals surface area contributed by atoms with Crippen LogP contribution in [0, 0.1) is 18.2 Å². The first-order chi connectivity index (χ1) is 27.5. The standard InChI is InChI=1S/C41H57FN8O7/c1-30-45-35-7-6-34(31-9-11-44-38(43)27-31)46-40(35)50(30)32-5-8-36(33(42)28-32)49-14-12-48(13-15-49)16-18-54-20-22-56-24-26-57-25-23-55-21-19-53-17-10-39(52)47-37(29-51)41(2,3)4/h5-9,11,27-29,37H,10,12-26H2,1-4H3,(H2,43,44)(H,47,52). The second kappa shape index (κ2) is 21.8. The van der Waals surface area contributed by atoms with Crippen molar-refractivity contribution < 1.29 is 37.7 Å². The highest BCUT2D eigenvalue weighted by molar-refractivity contribution is 5.80. The van der Waals surface area contributed by atoms with Crippen LogP contribution in [0.1, 0.15) is 33.0 Å². The summed E-state index contributed by atoms with van der Waals surface area (Å²) in [6, 6.07) is 12.2. The van der Waals surface area contributed by atoms with Crippen LogP contribution in [0.3, 0.4) is 0 Å². The van der Waals surface area contributed by atoms with Gasteiger partial charge in [-0.2, -0.15) is 0 Å². The Balaban J connectivity index is 0.884. The molecule has 1 aliphatic rings. The number of aldehydes is 1. The first kappa shape index (κ1) is 43.5. The quantitative estimate of drug-likeness (QED) is 0.0823. The third kappa shape index (κ3) is 13.2. The topological polar surface area (TPSA) is 168 Å². The van der Waals surface area contributed by atoms with E-state index in [1.807, 2.05) is 62.6 Å². The first-order valence-corrected chi connectivity index (χ1v) is 19.5. The molecular formula is C41H57FN8O7. The summed E-state index contributed by atoms with van der Waals surface area (Å²) < 4.78 is 45.3. The smallest absolute Gasteiger partial charge is 0.222 e. The molecule has 3 aromatic heterocycles. The molecule has 0 saturated carbocycles. The zero-order valence-electron chi connectivity index (χ0n) is 33.6. The zero-order valence-corrected chi connectivity index (χ0v) is 33.6. The number of hydrogen-bond acceptors (Lipinski definition) is 13. The summed E-state index contributed by atoms with van der Waals surface area (Å²) in [5.74, 6) is 0.633. The molecule has 1 saturated heterocycles. The van der Waals surface area contributed by atoms with Gasteiger partial charge < -0.3 is 44.4 Å². The van der Waals surface area contributed by atoms with Crippen molar-refractivity contribution in [2.45, 2.75) is 40.2 Å². The van der Waals surface area contributed by atoms with Crippen LogP contribution >= 0.6 is 0 Å². The van der Waals surface area contributed by atoms with Gasteiger partial charge in [-0.05, 0) is 48.7 Å². The van der Waals surface area contributed by atoms with Crippen molar-refractivity contribution in [3.63, 3.8) is 0 Å². The van der Waals surface area contributed by atoms with Crippen LogP contribution in [0.5, 0.6) is 0 Å². The average Bonchev–Trinajstić information content (AvgIpc) is 3.52. The number of pyridine rings is 2. The third-order valence-corrected chi connectivity index (χ3v) is 9.55. The summed E-state index contributed by atoms with van der Waals surface area (Å²) in [4.78, 5) is 41.2. The minimum Gasteiger partial charge on any atom is -0.384 e. The molecule has 1 aliphatic heterocycles. The average molecular weight is 793 g/mol. The fourth-order valence-electron chi connectivity index (χ4n) is 6.29. The summed E-state index contributed by atoms with van der Waals surface area (Å²) in [7, 11) is 0. The molecule has 16 heteroatoms. The molecule has 1 unspecified atom stereocenters. The minimum atomic E-state index is -0.526. The summed E-state index contributed by atoms with van der Waals surface area (Å²) >= 11 is 0. The van der Waals surface area contributed by atoms with Crippen molar-refractivity contribution in [3.05, 3.63) is 60.3 Å². The Morgan fingerprint density at radius 2 is 1.49 bits per heavy atom. The number of halogens is 1. The van der Waals surface area contributed by atoms with Crippen molar-refractivity contribution in [1.82, 2.24) is 29.7 Å². The second-order valence-corrected chi connectivity index (χ2v) is 14.8. The van der Waals surface area contributed by atoms with Crippen LogP contribution in [0.2, 0.25) is 0 Å². The number of amides is 1. The Hall–Kier alpha value is -4.58. The maximum atomic E-state index is 15.6. The van der Waals surface area contributed by atoms with E-state index in [0.29, 0.717) is 95.4 Å². The number of carbonyl (C=O) groups excluding carboxylic acids is 2. The largest absolute Gasteiger partial charge is 0.384 e. The second-order valence-electron chi connectivity index (χ2n) is 14.8. The van der Waals surface area contributed by atoms with Gasteiger partial charge in [0.25, 0.3) is 0 Å². The molecule has 0 aliphatic carbocycles. The van der Waals surface area contributed by atoms with Gasteiger partial charge in [-0.15, -0.1) is 0 Å². The highest BCUT2D eigenvalue weighted by Crippen LogP contribution is 2.28. The number of rotatable bonds is 23. The lowest BCUT2D eigenvalue weighted by atomic mass is 9.87. The molecule has 0 radical (unpaired) electrons. The van der Waals surface area contributed by atoms with Crippen molar-refractivity contribution >= 4 is 34.9 Å². The van der Waals surface area contributed by atoms with E-state index in [1.54, 1.807) is 18.3 Å². The molecule has 4 heterocycles. The number of aromatic nitrogens is 4. The highest BCUT2D eigenvalue weighted by Gasteiger charge is 2.25. The lowest BCUT2D eigenvalue weighted by Crippen LogP contribution is -2.47. The number of nitrogens with two attached hydrogens (primary N) is 1. The van der Waals surface area contributed by atoms with E-state index in [0.717, 1.165) is 48.5 Å². The van der Waals surface area contributed by atoms with Crippen LogP contribution in [0.4, 0.5) is 15.9 Å². The SMILES string of the molecule is Cc1nc2ccc(-c3ccnc(N)c3)nc2n1-c1ccc(N2CCN(CCOCCOCCOCCOCCOCCC(=O)NC(C=O)C(C)(C)C)CC2)c(F)c1. The number of nitrogens with zero attached hydrogens (tertiary/aromatic N) is 6. The number of piperazine rings is 1. The van der Waals surface area contributed by atoms with E-state index in [9.17, 15) is 9.59 Å². The number of imidazole rings is 1. The number of nitrogens with one attached hydrogen (secondary N) is 1. The third-order valence-electron chi connectivity index (χ3n) is 9.55. The minimum absolute atomic E-state index is 0.186. The number of ether oxygens (including phenoxy) is 5. The van der Waals surface area contributed by atoms with Crippen molar-refractivity contribution in [1.29, 1.82) is 0 Å². The van der Waals surface area contributed by atoms with Gasteiger partial charge in [0.05, 0.1) is 89.2 Å². The summed E-state index contributed by atoms with van der Waals surface area (Å²) in [6.07, 6.45) is 2.60. The number of fused-ring (bicyclic) bond motifs is 1. The van der Waals surface area contributed by atoms with E-state index in [1.165, 1.54) is 0 Å². The van der Waals surface area contributed by atoms with Crippen LogP contribution in [0.25, 0.3) is 28.1 Å². The van der Waals surface area contributed by atoms with Gasteiger partial charge in [0.2, 0.25) is 5.91 Å². The number of aryl methyl sites for hydroxylation is 1. The Morgan fingerprint density at radius 1 is 0.860 bits per heavy atom. The van der Waals surface area contributed by atoms with Gasteiger partial charge in [0.15, 0.2) is 5.65 Å². The number of benzene rings is 1. The molecule has 1 amide bonds. The molecule has 4 aromatic rings. The molecule has 15 nitrogen and oxygen atoms in total. The van der Waals surface area contributed by atoms with Crippen molar-refractivity contribution in [2.24, 2.45) is 5.41 Å². The van der Waals surface area contributed by atoms with E-state index >= 15 is 4.39 Å². The van der Waals surface area contributed by atoms with E-state index in [-0.39, 0.29) is 30.2 Å². The van der Waals surface area contributed by atoms with Gasteiger partial charge in [-0.25, -0.2) is 19.3 Å². The van der Waals surface area contributed by atoms with Crippen LogP contribution in [-0.4, -0.2) is 141 Å². The zero-order chi connectivity index (χ0) is 40.6. The summed E-state index contributed by atoms with van der Waals surface area (Å²) in [5.41, 5.74) is 9.75. The Bertz CT molecular complexity index is 1880. The number of carbonyl (C=O) groups is 2. The molecule has 0 bridgehead atoms. The maximum absolute atomic E-state index is 15.6. The highest BCUT2D eigenvalue weighted by atomic mass is 19.1. The molecule has 310 valence electrons. The predicted octanol–water partition coefficient (Wildman–Crippen LogP) is 3.84. The number of anilines is 2. The number of nitrogen functional groups attached to an aromatic ring is 1. The van der Waals surface area contributed by atoms with Crippen molar-refractivity contribution in [3.8, 4) is 16.9 Å². The first-order valence-electron chi connectivity index (χ1n) is 19.5. The van der Waals surface area contributed by atoms with E-state index in [2.05, 4.69) is 25.1 Å². The lowest BCUT2D eigenvalue weighted by Gasteiger charge is -2.36. The van der Waals surface area contributed by atoms with Crippen LogP contribution < -0.4 is 16.0 Å². The summed E-state index contributed by atoms with van der Waals surface area (Å²) in [6.45, 7) is 15.8. The Kier molecular flexibility index (Phi) is 16.7. The molecule has 3 N–H and O–H groups in total. The molecule has 1 aromatic carbocycles. The Labute approximate surface area is 334 Å². The molecule has 5 rings (SSSR count). The molecule has 57 heavy (non-hydrogen) atoms. The van der Waals surface area contributed by atoms with Crippen LogP contribution in [-0.2, 0) is 33.3 Å². The predicted molar refractivity (Wildman–Crippen MR) is 216 cm³/mol. The molecule has 0 spiro atoms. The van der Waals surface area contributed by atoms with E-state index < -0.39 is 6.04 Å². The van der Waals surface area contributed by atoms with Gasteiger partial charge in [0.1, 0.15) is 29.3 Å². The number of hydrogen-bond donors (Lipinski definition) is 2. The maximum Gasteiger partial charge on any atom is 0.222 e. The van der Waals surface area contributed by atoms with Gasteiger partial charge >= 0.3 is 0 Å². The fraction of sp³-hybridized carbons (Fsp3) is 0.537. The summed E-state index contributed by atoms with van der Waals surface area (Å²) in [5, 5.41) is 2.72. The van der Waals surface area contributed by atoms with Crippen molar-refractivity contribution in [2.75, 3.05) is 109 Å². The van der Waals surface area contributed by atoms with Gasteiger partial charge in [-0.1, -0.05) is 20.8 Å². The van der Waals surface area contributed by atoms with Gasteiger partial charge in [0, 0.05) is 57.0 Å². The molecule has 1 atom stereocenters. The monoisotopic (exact) mass is 792 g/mol. The normalized spacial score (nSPS) is 14.3. The molecular weight excluding hydrogens is 735 g/mol. The van der Waals surface area contributed by atoms with Gasteiger partial charge in [-0.3, -0.25) is 14.3 Å². The Morgan fingerprint density at radius 3 is 2.09 bits per heavy atom. The lowest BCUT2D eigenvalue weighted by molar-refractivity contribution is -0.126. The fourth-order valence-corrected chi connectivity index (χ4v) is 6.29. The van der Waals surface area contributed by atoms with E-state index in [4.69, 9.17) is 34.4 Å². The molecule has 1 fully saturated rings.